The van der Waals surface area contributed by atoms with Gasteiger partial charge in [0.05, 0.1) is 18.2 Å². The van der Waals surface area contributed by atoms with E-state index in [2.05, 4.69) is 0 Å². The molecule has 0 amide bonds. The number of methoxy groups -OCH3 is 1. The van der Waals surface area contributed by atoms with E-state index in [1.807, 2.05) is 31.2 Å². The van der Waals surface area contributed by atoms with Gasteiger partial charge in [-0.3, -0.25) is 4.79 Å². The quantitative estimate of drug-likeness (QED) is 0.365. The zero-order chi connectivity index (χ0) is 20.4. The standard InChI is InChI=1S/C24H18O5/c1-15-5-3-4-6-17(15)13-22-23(25)20-12-11-19(14-21(20)29-22)28-24(26)16-7-9-18(27-2)10-8-16/h3-14H,1-2H3/b22-13+. The van der Waals surface area contributed by atoms with E-state index in [1.54, 1.807) is 55.7 Å². The van der Waals surface area contributed by atoms with E-state index in [1.165, 1.54) is 0 Å². The fourth-order valence-electron chi connectivity index (χ4n) is 3.01. The predicted octanol–water partition coefficient (Wildman–Crippen LogP) is 4.84. The third kappa shape index (κ3) is 3.75. The molecule has 0 N–H and O–H groups in total. The van der Waals surface area contributed by atoms with E-state index in [0.717, 1.165) is 11.1 Å². The third-order valence-corrected chi connectivity index (χ3v) is 4.65. The van der Waals surface area contributed by atoms with Crippen LogP contribution >= 0.6 is 0 Å². The first-order chi connectivity index (χ1) is 14.0. The molecule has 5 nitrogen and oxygen atoms in total. The number of rotatable bonds is 4. The van der Waals surface area contributed by atoms with Gasteiger partial charge in [0.2, 0.25) is 5.78 Å². The largest absolute Gasteiger partial charge is 0.497 e. The molecule has 0 spiro atoms. The summed E-state index contributed by atoms with van der Waals surface area (Å²) in [5.74, 6) is 0.861. The van der Waals surface area contributed by atoms with Crippen molar-refractivity contribution in [2.24, 2.45) is 0 Å². The van der Waals surface area contributed by atoms with Crippen LogP contribution in [0.2, 0.25) is 0 Å². The van der Waals surface area contributed by atoms with Crippen molar-refractivity contribution in [2.75, 3.05) is 7.11 Å². The average Bonchev–Trinajstić information content (AvgIpc) is 3.04. The predicted molar refractivity (Wildman–Crippen MR) is 109 cm³/mol. The molecule has 1 aliphatic rings. The summed E-state index contributed by atoms with van der Waals surface area (Å²) in [6.45, 7) is 1.97. The van der Waals surface area contributed by atoms with Gasteiger partial charge < -0.3 is 14.2 Å². The van der Waals surface area contributed by atoms with Crippen molar-refractivity contribution in [1.82, 2.24) is 0 Å². The number of ketones is 1. The van der Waals surface area contributed by atoms with Crippen molar-refractivity contribution in [3.8, 4) is 17.2 Å². The maximum atomic E-state index is 12.6. The lowest BCUT2D eigenvalue weighted by atomic mass is 10.1. The summed E-state index contributed by atoms with van der Waals surface area (Å²) in [6.07, 6.45) is 1.72. The molecule has 1 aliphatic heterocycles. The zero-order valence-electron chi connectivity index (χ0n) is 16.0. The molecule has 0 unspecified atom stereocenters. The van der Waals surface area contributed by atoms with Crippen molar-refractivity contribution < 1.29 is 23.8 Å². The number of ether oxygens (including phenoxy) is 3. The van der Waals surface area contributed by atoms with Crippen molar-refractivity contribution in [2.45, 2.75) is 6.92 Å². The highest BCUT2D eigenvalue weighted by Crippen LogP contribution is 2.35. The molecule has 0 saturated carbocycles. The molecule has 0 aliphatic carbocycles. The number of hydrogen-bond acceptors (Lipinski definition) is 5. The summed E-state index contributed by atoms with van der Waals surface area (Å²) >= 11 is 0. The number of carbonyl (C=O) groups excluding carboxylic acids is 2. The minimum absolute atomic E-state index is 0.198. The summed E-state index contributed by atoms with van der Waals surface area (Å²) < 4.78 is 16.2. The second-order valence-electron chi connectivity index (χ2n) is 6.57. The lowest BCUT2D eigenvalue weighted by Gasteiger charge is -2.06. The fourth-order valence-corrected chi connectivity index (χ4v) is 3.01. The van der Waals surface area contributed by atoms with Crippen LogP contribution in [0.5, 0.6) is 17.2 Å². The zero-order valence-corrected chi connectivity index (χ0v) is 16.0. The van der Waals surface area contributed by atoms with E-state index in [9.17, 15) is 9.59 Å². The van der Waals surface area contributed by atoms with Gasteiger partial charge in [0.1, 0.15) is 17.2 Å². The van der Waals surface area contributed by atoms with Crippen LogP contribution in [0.15, 0.2) is 72.5 Å². The topological polar surface area (TPSA) is 61.8 Å². The van der Waals surface area contributed by atoms with Gasteiger partial charge in [0.25, 0.3) is 0 Å². The first-order valence-corrected chi connectivity index (χ1v) is 9.05. The number of benzene rings is 3. The molecular weight excluding hydrogens is 368 g/mol. The molecule has 0 saturated heterocycles. The summed E-state index contributed by atoms with van der Waals surface area (Å²) in [5.41, 5.74) is 2.79. The molecule has 3 aromatic carbocycles. The lowest BCUT2D eigenvalue weighted by molar-refractivity contribution is 0.0734. The minimum Gasteiger partial charge on any atom is -0.497 e. The molecule has 4 rings (SSSR count). The normalized spacial score (nSPS) is 13.7. The van der Waals surface area contributed by atoms with Gasteiger partial charge >= 0.3 is 5.97 Å². The van der Waals surface area contributed by atoms with Gasteiger partial charge in [-0.1, -0.05) is 24.3 Å². The SMILES string of the molecule is COc1ccc(C(=O)Oc2ccc3c(c2)O/C(=C/c2ccccc2C)C3=O)cc1. The third-order valence-electron chi connectivity index (χ3n) is 4.65. The van der Waals surface area contributed by atoms with Crippen molar-refractivity contribution >= 4 is 17.8 Å². The molecule has 144 valence electrons. The second-order valence-corrected chi connectivity index (χ2v) is 6.57. The molecule has 0 atom stereocenters. The molecule has 0 fully saturated rings. The number of carbonyl (C=O) groups is 2. The number of aryl methyl sites for hydroxylation is 1. The Labute approximate surface area is 168 Å². The summed E-state index contributed by atoms with van der Waals surface area (Å²) in [6, 6.07) is 19.1. The highest BCUT2D eigenvalue weighted by Gasteiger charge is 2.28. The van der Waals surface area contributed by atoms with Crippen LogP contribution < -0.4 is 14.2 Å². The molecule has 0 aromatic heterocycles. The Kier molecular flexibility index (Phi) is 4.87. The van der Waals surface area contributed by atoms with Crippen LogP contribution in [-0.2, 0) is 0 Å². The molecule has 5 heteroatoms. The van der Waals surface area contributed by atoms with E-state index in [4.69, 9.17) is 14.2 Å². The van der Waals surface area contributed by atoms with Crippen molar-refractivity contribution in [3.05, 3.63) is 94.7 Å². The van der Waals surface area contributed by atoms with E-state index in [-0.39, 0.29) is 11.5 Å². The van der Waals surface area contributed by atoms with Gasteiger partial charge in [0, 0.05) is 6.07 Å². The van der Waals surface area contributed by atoms with E-state index >= 15 is 0 Å². The van der Waals surface area contributed by atoms with Gasteiger partial charge in [-0.15, -0.1) is 0 Å². The number of allylic oxidation sites excluding steroid dienone is 1. The fraction of sp³-hybridized carbons (Fsp3) is 0.0833. The Morgan fingerprint density at radius 1 is 0.966 bits per heavy atom. The highest BCUT2D eigenvalue weighted by molar-refractivity contribution is 6.14. The summed E-state index contributed by atoms with van der Waals surface area (Å²) in [5, 5.41) is 0. The molecule has 29 heavy (non-hydrogen) atoms. The first-order valence-electron chi connectivity index (χ1n) is 9.05. The monoisotopic (exact) mass is 386 g/mol. The Balaban J connectivity index is 1.54. The van der Waals surface area contributed by atoms with Crippen LogP contribution in [0.4, 0.5) is 0 Å². The van der Waals surface area contributed by atoms with Gasteiger partial charge in [-0.2, -0.15) is 0 Å². The van der Waals surface area contributed by atoms with E-state index < -0.39 is 5.97 Å². The Morgan fingerprint density at radius 2 is 1.69 bits per heavy atom. The van der Waals surface area contributed by atoms with Crippen molar-refractivity contribution in [3.63, 3.8) is 0 Å². The molecule has 3 aromatic rings. The Bertz CT molecular complexity index is 1130. The maximum absolute atomic E-state index is 12.6. The Hall–Kier alpha value is -3.86. The van der Waals surface area contributed by atoms with Crippen LogP contribution in [0.3, 0.4) is 0 Å². The summed E-state index contributed by atoms with van der Waals surface area (Å²) in [7, 11) is 1.56. The minimum atomic E-state index is -0.507. The number of fused-ring (bicyclic) bond motifs is 1. The summed E-state index contributed by atoms with van der Waals surface area (Å²) in [4.78, 5) is 25.0. The van der Waals surface area contributed by atoms with E-state index in [0.29, 0.717) is 28.4 Å². The van der Waals surface area contributed by atoms with Crippen LogP contribution in [0, 0.1) is 6.92 Å². The molecule has 0 bridgehead atoms. The first kappa shape index (κ1) is 18.5. The van der Waals surface area contributed by atoms with Crippen molar-refractivity contribution in [1.29, 1.82) is 0 Å². The Morgan fingerprint density at radius 3 is 2.41 bits per heavy atom. The highest BCUT2D eigenvalue weighted by atomic mass is 16.5. The lowest BCUT2D eigenvalue weighted by Crippen LogP contribution is -2.08. The molecule has 0 radical (unpaired) electrons. The van der Waals surface area contributed by atoms with Gasteiger partial charge in [-0.05, 0) is 60.5 Å². The van der Waals surface area contributed by atoms with Gasteiger partial charge in [-0.25, -0.2) is 4.79 Å². The molecular formula is C24H18O5. The number of Topliss-reactive ketones (excluding diaryl/α,β-unsaturated/α-hetero) is 1. The van der Waals surface area contributed by atoms with Crippen LogP contribution in [0.25, 0.3) is 6.08 Å². The smallest absolute Gasteiger partial charge is 0.343 e. The maximum Gasteiger partial charge on any atom is 0.343 e. The molecule has 1 heterocycles. The van der Waals surface area contributed by atoms with Crippen LogP contribution in [0.1, 0.15) is 31.8 Å². The number of esters is 1. The number of hydrogen-bond donors (Lipinski definition) is 0. The average molecular weight is 386 g/mol. The second kappa shape index (κ2) is 7.64. The van der Waals surface area contributed by atoms with Gasteiger partial charge in [0.15, 0.2) is 5.76 Å². The van der Waals surface area contributed by atoms with Crippen LogP contribution in [-0.4, -0.2) is 18.9 Å².